The normalized spacial score (nSPS) is 18.0. The highest BCUT2D eigenvalue weighted by molar-refractivity contribution is 4.76. The van der Waals surface area contributed by atoms with Gasteiger partial charge < -0.3 is 20.1 Å². The molecule has 11 heavy (non-hydrogen) atoms. The Bertz CT molecular complexity index is 107. The van der Waals surface area contributed by atoms with Gasteiger partial charge >= 0.3 is 0 Å². The predicted molar refractivity (Wildman–Crippen MR) is 39.9 cm³/mol. The first-order chi connectivity index (χ1) is 4.88. The lowest BCUT2D eigenvalue weighted by atomic mass is 9.99. The number of rotatable bonds is 4. The molecule has 0 spiro atoms. The smallest absolute Gasteiger partial charge is 0.156 e. The fourth-order valence-electron chi connectivity index (χ4n) is 0.576. The van der Waals surface area contributed by atoms with Gasteiger partial charge in [-0.05, 0) is 13.8 Å². The standard InChI is InChI=1S/C7H16O4/c1-7(2,10)5(8)4-6(9)11-3/h5-6,8-10H,4H2,1-3H3/t5-,6?/m1/s1. The second-order valence-corrected chi connectivity index (χ2v) is 3.10. The fourth-order valence-corrected chi connectivity index (χ4v) is 0.576. The highest BCUT2D eigenvalue weighted by atomic mass is 16.6. The summed E-state index contributed by atoms with van der Waals surface area (Å²) in [6, 6.07) is 0. The van der Waals surface area contributed by atoms with Crippen LogP contribution in [0.4, 0.5) is 0 Å². The molecule has 0 amide bonds. The molecule has 0 saturated heterocycles. The van der Waals surface area contributed by atoms with Gasteiger partial charge in [0, 0.05) is 13.5 Å². The molecule has 0 aliphatic carbocycles. The Labute approximate surface area is 66.4 Å². The van der Waals surface area contributed by atoms with Crippen LogP contribution in [0.5, 0.6) is 0 Å². The summed E-state index contributed by atoms with van der Waals surface area (Å²) in [7, 11) is 1.34. The van der Waals surface area contributed by atoms with E-state index < -0.39 is 18.0 Å². The van der Waals surface area contributed by atoms with Gasteiger partial charge in [-0.25, -0.2) is 0 Å². The van der Waals surface area contributed by atoms with Crippen LogP contribution in [-0.2, 0) is 4.74 Å². The number of hydrogen-bond donors (Lipinski definition) is 3. The van der Waals surface area contributed by atoms with Crippen LogP contribution in [0, 0.1) is 0 Å². The summed E-state index contributed by atoms with van der Waals surface area (Å²) in [5.41, 5.74) is -1.19. The molecule has 0 aromatic carbocycles. The molecule has 0 radical (unpaired) electrons. The highest BCUT2D eigenvalue weighted by Crippen LogP contribution is 2.13. The first-order valence-corrected chi connectivity index (χ1v) is 3.49. The van der Waals surface area contributed by atoms with Gasteiger partial charge in [0.2, 0.25) is 0 Å². The highest BCUT2D eigenvalue weighted by Gasteiger charge is 2.26. The lowest BCUT2D eigenvalue weighted by molar-refractivity contribution is -0.132. The monoisotopic (exact) mass is 164 g/mol. The summed E-state index contributed by atoms with van der Waals surface area (Å²) in [6.07, 6.45) is -1.98. The number of hydrogen-bond acceptors (Lipinski definition) is 4. The van der Waals surface area contributed by atoms with Crippen molar-refractivity contribution in [1.82, 2.24) is 0 Å². The van der Waals surface area contributed by atoms with Crippen LogP contribution in [0.25, 0.3) is 0 Å². The van der Waals surface area contributed by atoms with Gasteiger partial charge in [0.15, 0.2) is 6.29 Å². The molecular formula is C7H16O4. The molecule has 0 rings (SSSR count). The van der Waals surface area contributed by atoms with E-state index >= 15 is 0 Å². The third-order valence-corrected chi connectivity index (χ3v) is 1.51. The maximum absolute atomic E-state index is 9.21. The predicted octanol–water partition coefficient (Wildman–Crippen LogP) is -0.527. The third-order valence-electron chi connectivity index (χ3n) is 1.51. The van der Waals surface area contributed by atoms with Crippen molar-refractivity contribution >= 4 is 0 Å². The van der Waals surface area contributed by atoms with Crippen molar-refractivity contribution in [2.75, 3.05) is 7.11 Å². The Kier molecular flexibility index (Phi) is 3.96. The van der Waals surface area contributed by atoms with Crippen LogP contribution in [-0.4, -0.2) is 40.4 Å². The molecule has 0 aliphatic rings. The van der Waals surface area contributed by atoms with E-state index in [1.165, 1.54) is 21.0 Å². The van der Waals surface area contributed by atoms with Gasteiger partial charge in [0.05, 0.1) is 11.7 Å². The fraction of sp³-hybridized carbons (Fsp3) is 1.00. The van der Waals surface area contributed by atoms with Crippen LogP contribution >= 0.6 is 0 Å². The van der Waals surface area contributed by atoms with Crippen molar-refractivity contribution in [3.8, 4) is 0 Å². The molecule has 0 saturated carbocycles. The molecule has 0 bridgehead atoms. The minimum atomic E-state index is -1.19. The summed E-state index contributed by atoms with van der Waals surface area (Å²) in [5, 5.41) is 27.3. The van der Waals surface area contributed by atoms with Crippen molar-refractivity contribution in [3.05, 3.63) is 0 Å². The zero-order chi connectivity index (χ0) is 9.07. The zero-order valence-electron chi connectivity index (χ0n) is 7.11. The van der Waals surface area contributed by atoms with Crippen LogP contribution in [0.1, 0.15) is 20.3 Å². The van der Waals surface area contributed by atoms with Crippen LogP contribution in [0.3, 0.4) is 0 Å². The van der Waals surface area contributed by atoms with Gasteiger partial charge in [0.1, 0.15) is 0 Å². The lowest BCUT2D eigenvalue weighted by Crippen LogP contribution is -2.38. The average Bonchev–Trinajstić information content (AvgIpc) is 1.85. The minimum absolute atomic E-state index is 0.0139. The Balaban J connectivity index is 3.77. The molecule has 2 atom stereocenters. The number of aliphatic hydroxyl groups is 3. The molecule has 0 heterocycles. The average molecular weight is 164 g/mol. The molecule has 1 unspecified atom stereocenters. The van der Waals surface area contributed by atoms with E-state index in [4.69, 9.17) is 5.11 Å². The molecule has 0 aromatic rings. The number of methoxy groups -OCH3 is 1. The Morgan fingerprint density at radius 1 is 1.36 bits per heavy atom. The SMILES string of the molecule is COC(O)C[C@@H](O)C(C)(C)O. The minimum Gasteiger partial charge on any atom is -0.390 e. The van der Waals surface area contributed by atoms with E-state index in [2.05, 4.69) is 4.74 Å². The second-order valence-electron chi connectivity index (χ2n) is 3.10. The first-order valence-electron chi connectivity index (χ1n) is 3.49. The first kappa shape index (κ1) is 10.8. The second kappa shape index (κ2) is 4.01. The van der Waals surface area contributed by atoms with Crippen molar-refractivity contribution in [1.29, 1.82) is 0 Å². The van der Waals surface area contributed by atoms with Gasteiger partial charge in [-0.1, -0.05) is 0 Å². The van der Waals surface area contributed by atoms with Crippen molar-refractivity contribution in [2.45, 2.75) is 38.3 Å². The van der Waals surface area contributed by atoms with E-state index in [9.17, 15) is 10.2 Å². The maximum Gasteiger partial charge on any atom is 0.156 e. The number of ether oxygens (including phenoxy) is 1. The Morgan fingerprint density at radius 3 is 2.09 bits per heavy atom. The Hall–Kier alpha value is -0.160. The number of aliphatic hydroxyl groups excluding tert-OH is 2. The summed E-state index contributed by atoms with van der Waals surface area (Å²) >= 11 is 0. The largest absolute Gasteiger partial charge is 0.390 e. The van der Waals surface area contributed by atoms with Crippen molar-refractivity contribution in [3.63, 3.8) is 0 Å². The van der Waals surface area contributed by atoms with E-state index in [0.717, 1.165) is 0 Å². The van der Waals surface area contributed by atoms with Crippen molar-refractivity contribution < 1.29 is 20.1 Å². The molecular weight excluding hydrogens is 148 g/mol. The maximum atomic E-state index is 9.21. The van der Waals surface area contributed by atoms with Crippen molar-refractivity contribution in [2.24, 2.45) is 0 Å². The van der Waals surface area contributed by atoms with Crippen LogP contribution in [0.2, 0.25) is 0 Å². The quantitative estimate of drug-likeness (QED) is 0.489. The van der Waals surface area contributed by atoms with Gasteiger partial charge in [-0.15, -0.1) is 0 Å². The molecule has 0 aliphatic heterocycles. The summed E-state index contributed by atoms with van der Waals surface area (Å²) in [6.45, 7) is 2.94. The lowest BCUT2D eigenvalue weighted by Gasteiger charge is -2.25. The van der Waals surface area contributed by atoms with Gasteiger partial charge in [-0.3, -0.25) is 0 Å². The molecule has 68 valence electrons. The molecule has 0 fully saturated rings. The van der Waals surface area contributed by atoms with Gasteiger partial charge in [-0.2, -0.15) is 0 Å². The van der Waals surface area contributed by atoms with E-state index in [1.54, 1.807) is 0 Å². The van der Waals surface area contributed by atoms with Crippen LogP contribution < -0.4 is 0 Å². The zero-order valence-corrected chi connectivity index (χ0v) is 7.11. The summed E-state index contributed by atoms with van der Waals surface area (Å²) in [5.74, 6) is 0. The third kappa shape index (κ3) is 4.31. The van der Waals surface area contributed by atoms with E-state index in [1.807, 2.05) is 0 Å². The molecule has 4 nitrogen and oxygen atoms in total. The van der Waals surface area contributed by atoms with E-state index in [0.29, 0.717) is 0 Å². The van der Waals surface area contributed by atoms with Crippen LogP contribution in [0.15, 0.2) is 0 Å². The molecule has 4 heteroatoms. The molecule has 3 N–H and O–H groups in total. The summed E-state index contributed by atoms with van der Waals surface area (Å²) in [4.78, 5) is 0. The van der Waals surface area contributed by atoms with Gasteiger partial charge in [0.25, 0.3) is 0 Å². The molecule has 0 aromatic heterocycles. The Morgan fingerprint density at radius 2 is 1.82 bits per heavy atom. The van der Waals surface area contributed by atoms with E-state index in [-0.39, 0.29) is 6.42 Å². The summed E-state index contributed by atoms with van der Waals surface area (Å²) < 4.78 is 4.50. The topological polar surface area (TPSA) is 69.9 Å².